The summed E-state index contributed by atoms with van der Waals surface area (Å²) in [5.74, 6) is 1.34. The zero-order valence-corrected chi connectivity index (χ0v) is 9.66. The summed E-state index contributed by atoms with van der Waals surface area (Å²) in [6.45, 7) is 3.94. The van der Waals surface area contributed by atoms with Crippen molar-refractivity contribution in [1.82, 2.24) is 0 Å². The molecule has 0 amide bonds. The first kappa shape index (κ1) is 10.1. The van der Waals surface area contributed by atoms with Gasteiger partial charge < -0.3 is 14.6 Å². The van der Waals surface area contributed by atoms with Crippen LogP contribution in [-0.2, 0) is 0 Å². The Hall–Kier alpha value is -1.12. The number of hydrogen-bond donors (Lipinski definition) is 0. The van der Waals surface area contributed by atoms with Gasteiger partial charge in [0.1, 0.15) is 0 Å². The highest BCUT2D eigenvalue weighted by molar-refractivity contribution is 5.41. The van der Waals surface area contributed by atoms with E-state index in [0.717, 1.165) is 5.92 Å². The number of rotatable bonds is 1. The summed E-state index contributed by atoms with van der Waals surface area (Å²) in [6, 6.07) is 0. The lowest BCUT2D eigenvalue weighted by Gasteiger charge is -2.29. The summed E-state index contributed by atoms with van der Waals surface area (Å²) >= 11 is 0. The van der Waals surface area contributed by atoms with E-state index in [2.05, 4.69) is 6.92 Å². The molecule has 1 aromatic rings. The molecule has 4 atom stereocenters. The fourth-order valence-corrected chi connectivity index (χ4v) is 3.94. The molecule has 0 aromatic carbocycles. The van der Waals surface area contributed by atoms with Gasteiger partial charge in [-0.2, -0.15) is 0 Å². The van der Waals surface area contributed by atoms with Crippen molar-refractivity contribution in [3.63, 3.8) is 0 Å². The maximum atomic E-state index is 11.7. The van der Waals surface area contributed by atoms with E-state index >= 15 is 0 Å². The first-order valence-electron chi connectivity index (χ1n) is 6.07. The molecule has 1 heterocycles. The Kier molecular flexibility index (Phi) is 2.00. The number of hydrogen-bond acceptors (Lipinski definition) is 3. The molecule has 2 saturated carbocycles. The second-order valence-electron chi connectivity index (χ2n) is 5.43. The third-order valence-corrected chi connectivity index (χ3v) is 4.78. The van der Waals surface area contributed by atoms with Crippen LogP contribution in [0.15, 0.2) is 4.42 Å². The lowest BCUT2D eigenvalue weighted by Crippen LogP contribution is -2.19. The van der Waals surface area contributed by atoms with Crippen molar-refractivity contribution in [3.8, 4) is 11.9 Å². The second-order valence-corrected chi connectivity index (χ2v) is 5.43. The van der Waals surface area contributed by atoms with Crippen molar-refractivity contribution >= 4 is 0 Å². The number of furan rings is 1. The molecule has 88 valence electrons. The Morgan fingerprint density at radius 2 is 1.81 bits per heavy atom. The van der Waals surface area contributed by atoms with Crippen molar-refractivity contribution in [2.24, 2.45) is 17.8 Å². The standard InChI is InChI=1S/C13H18O3/c1-6-8-3-4-9(5-8)10(6)11-7(2)12(14)16-13(11)15/h6,8-10,14-15H,3-5H2,1-2H3/p-2. The van der Waals surface area contributed by atoms with Gasteiger partial charge in [-0.05, 0) is 61.0 Å². The quantitative estimate of drug-likeness (QED) is 0.726. The SMILES string of the molecule is Cc1c([O-])oc([O-])c1C1C2CCC(C2)C1C. The fourth-order valence-electron chi connectivity index (χ4n) is 3.94. The maximum Gasteiger partial charge on any atom is 0.0603 e. The van der Waals surface area contributed by atoms with Crippen LogP contribution in [0, 0.1) is 24.7 Å². The van der Waals surface area contributed by atoms with E-state index in [1.807, 2.05) is 0 Å². The molecule has 3 heteroatoms. The Morgan fingerprint density at radius 1 is 1.12 bits per heavy atom. The van der Waals surface area contributed by atoms with Gasteiger partial charge in [0.05, 0.1) is 11.9 Å². The van der Waals surface area contributed by atoms with Crippen molar-refractivity contribution in [2.75, 3.05) is 0 Å². The first-order chi connectivity index (χ1) is 7.59. The molecule has 1 aromatic heterocycles. The largest absolute Gasteiger partial charge is 0.572 e. The van der Waals surface area contributed by atoms with Crippen molar-refractivity contribution in [2.45, 2.75) is 39.0 Å². The average molecular weight is 220 g/mol. The van der Waals surface area contributed by atoms with Crippen LogP contribution < -0.4 is 10.2 Å². The molecule has 2 aliphatic rings. The molecule has 0 spiro atoms. The average Bonchev–Trinajstić information content (AvgIpc) is 2.86. The maximum absolute atomic E-state index is 11.7. The van der Waals surface area contributed by atoms with E-state index in [0.29, 0.717) is 23.0 Å². The van der Waals surface area contributed by atoms with Crippen LogP contribution >= 0.6 is 0 Å². The summed E-state index contributed by atoms with van der Waals surface area (Å²) in [6.07, 6.45) is 3.72. The van der Waals surface area contributed by atoms with Crippen LogP contribution in [0.2, 0.25) is 0 Å². The normalized spacial score (nSPS) is 37.1. The van der Waals surface area contributed by atoms with Crippen molar-refractivity contribution < 1.29 is 14.6 Å². The molecule has 0 saturated heterocycles. The lowest BCUT2D eigenvalue weighted by molar-refractivity contribution is -0.324. The summed E-state index contributed by atoms with van der Waals surface area (Å²) in [4.78, 5) is 0. The highest BCUT2D eigenvalue weighted by atomic mass is 16.5. The van der Waals surface area contributed by atoms with Crippen molar-refractivity contribution in [3.05, 3.63) is 11.1 Å². The zero-order chi connectivity index (χ0) is 11.4. The van der Waals surface area contributed by atoms with Crippen LogP contribution in [0.4, 0.5) is 0 Å². The molecular formula is C13H16O3-2. The molecule has 2 fully saturated rings. The molecule has 3 rings (SSSR count). The summed E-state index contributed by atoms with van der Waals surface area (Å²) in [5, 5.41) is 23.1. The van der Waals surface area contributed by atoms with Gasteiger partial charge >= 0.3 is 0 Å². The predicted octanol–water partition coefficient (Wildman–Crippen LogP) is 1.88. The highest BCUT2D eigenvalue weighted by Gasteiger charge is 2.46. The Morgan fingerprint density at radius 3 is 2.31 bits per heavy atom. The van der Waals surface area contributed by atoms with Gasteiger partial charge in [0, 0.05) is 0 Å². The van der Waals surface area contributed by atoms with E-state index in [4.69, 9.17) is 4.42 Å². The minimum absolute atomic E-state index is 0.276. The summed E-state index contributed by atoms with van der Waals surface area (Å²) < 4.78 is 4.70. The molecule has 2 aliphatic carbocycles. The Balaban J connectivity index is 2.04. The summed E-state index contributed by atoms with van der Waals surface area (Å²) in [5.41, 5.74) is 1.24. The van der Waals surface area contributed by atoms with E-state index < -0.39 is 5.95 Å². The van der Waals surface area contributed by atoms with Crippen LogP contribution in [-0.4, -0.2) is 0 Å². The smallest absolute Gasteiger partial charge is 0.0603 e. The molecule has 16 heavy (non-hydrogen) atoms. The molecule has 2 bridgehead atoms. The van der Waals surface area contributed by atoms with Crippen LogP contribution in [0.5, 0.6) is 11.9 Å². The molecule has 0 aliphatic heterocycles. The minimum Gasteiger partial charge on any atom is -0.572 e. The van der Waals surface area contributed by atoms with E-state index in [1.54, 1.807) is 6.92 Å². The van der Waals surface area contributed by atoms with Gasteiger partial charge in [-0.3, -0.25) is 0 Å². The van der Waals surface area contributed by atoms with Crippen LogP contribution in [0.1, 0.15) is 43.2 Å². The van der Waals surface area contributed by atoms with Gasteiger partial charge in [-0.15, -0.1) is 0 Å². The zero-order valence-electron chi connectivity index (χ0n) is 9.66. The summed E-state index contributed by atoms with van der Waals surface area (Å²) in [7, 11) is 0. The van der Waals surface area contributed by atoms with Gasteiger partial charge in [0.25, 0.3) is 0 Å². The van der Waals surface area contributed by atoms with Crippen LogP contribution in [0.3, 0.4) is 0 Å². The molecule has 0 N–H and O–H groups in total. The van der Waals surface area contributed by atoms with E-state index in [-0.39, 0.29) is 11.9 Å². The van der Waals surface area contributed by atoms with Crippen LogP contribution in [0.25, 0.3) is 0 Å². The third-order valence-electron chi connectivity index (χ3n) is 4.78. The Bertz CT molecular complexity index is 419. The van der Waals surface area contributed by atoms with E-state index in [1.165, 1.54) is 19.3 Å². The number of fused-ring (bicyclic) bond motifs is 2. The monoisotopic (exact) mass is 220 g/mol. The molecule has 0 radical (unpaired) electrons. The second kappa shape index (κ2) is 3.19. The third kappa shape index (κ3) is 1.14. The minimum atomic E-state index is -0.435. The van der Waals surface area contributed by atoms with E-state index in [9.17, 15) is 10.2 Å². The fraction of sp³-hybridized carbons (Fsp3) is 0.692. The molecule has 3 nitrogen and oxygen atoms in total. The first-order valence-corrected chi connectivity index (χ1v) is 6.07. The predicted molar refractivity (Wildman–Crippen MR) is 55.1 cm³/mol. The highest BCUT2D eigenvalue weighted by Crippen LogP contribution is 2.58. The Labute approximate surface area is 95.1 Å². The topological polar surface area (TPSA) is 59.3 Å². The van der Waals surface area contributed by atoms with Gasteiger partial charge in [0.2, 0.25) is 0 Å². The van der Waals surface area contributed by atoms with Gasteiger partial charge in [-0.25, -0.2) is 0 Å². The van der Waals surface area contributed by atoms with Crippen molar-refractivity contribution in [1.29, 1.82) is 0 Å². The lowest BCUT2D eigenvalue weighted by atomic mass is 9.76. The van der Waals surface area contributed by atoms with Gasteiger partial charge in [0.15, 0.2) is 0 Å². The molecular weight excluding hydrogens is 204 g/mol. The molecule has 4 unspecified atom stereocenters. The van der Waals surface area contributed by atoms with Gasteiger partial charge in [-0.1, -0.05) is 6.92 Å².